The van der Waals surface area contributed by atoms with Crippen LogP contribution in [-0.4, -0.2) is 30.3 Å². The highest BCUT2D eigenvalue weighted by Crippen LogP contribution is 2.22. The number of hydrogen-bond acceptors (Lipinski definition) is 3. The molecular weight excluding hydrogens is 170 g/mol. The van der Waals surface area contributed by atoms with Crippen LogP contribution in [0.25, 0.3) is 0 Å². The second kappa shape index (κ2) is 3.35. The number of phenols is 1. The average molecular weight is 181 g/mol. The summed E-state index contributed by atoms with van der Waals surface area (Å²) in [6.45, 7) is 0. The second-order valence-electron chi connectivity index (χ2n) is 2.90. The molecule has 0 aliphatic rings. The van der Waals surface area contributed by atoms with Gasteiger partial charge in [-0.15, -0.1) is 0 Å². The minimum absolute atomic E-state index is 0.0389. The summed E-state index contributed by atoms with van der Waals surface area (Å²) in [5.41, 5.74) is 0.676. The van der Waals surface area contributed by atoms with Gasteiger partial charge in [0.25, 0.3) is 0 Å². The molecule has 70 valence electrons. The molecule has 0 radical (unpaired) electrons. The van der Waals surface area contributed by atoms with Gasteiger partial charge in [-0.1, -0.05) is 0 Å². The largest absolute Gasteiger partial charge is 0.508 e. The normalized spacial score (nSPS) is 9.69. The van der Waals surface area contributed by atoms with Crippen LogP contribution in [-0.2, 0) is 0 Å². The molecule has 0 aliphatic carbocycles. The molecule has 1 rings (SSSR count). The number of carboxylic acids is 1. The first-order valence-corrected chi connectivity index (χ1v) is 3.76. The van der Waals surface area contributed by atoms with Gasteiger partial charge in [0.05, 0.1) is 11.3 Å². The SMILES string of the molecule is CN(C)c1ccc(O)cc1C(=O)O. The fourth-order valence-corrected chi connectivity index (χ4v) is 1.09. The predicted octanol–water partition coefficient (Wildman–Crippen LogP) is 1.16. The summed E-state index contributed by atoms with van der Waals surface area (Å²) < 4.78 is 0. The lowest BCUT2D eigenvalue weighted by molar-refractivity contribution is 0.0697. The fourth-order valence-electron chi connectivity index (χ4n) is 1.09. The number of benzene rings is 1. The summed E-state index contributed by atoms with van der Waals surface area (Å²) in [6, 6.07) is 4.26. The second-order valence-corrected chi connectivity index (χ2v) is 2.90. The molecule has 4 heteroatoms. The van der Waals surface area contributed by atoms with Crippen molar-refractivity contribution in [1.82, 2.24) is 0 Å². The highest BCUT2D eigenvalue weighted by Gasteiger charge is 2.11. The molecule has 0 heterocycles. The van der Waals surface area contributed by atoms with Crippen molar-refractivity contribution < 1.29 is 15.0 Å². The third-order valence-corrected chi connectivity index (χ3v) is 1.69. The van der Waals surface area contributed by atoms with Gasteiger partial charge in [-0.3, -0.25) is 0 Å². The molecule has 0 saturated carbocycles. The summed E-state index contributed by atoms with van der Waals surface area (Å²) in [6.07, 6.45) is 0. The molecule has 0 unspecified atom stereocenters. The number of carbonyl (C=O) groups is 1. The third-order valence-electron chi connectivity index (χ3n) is 1.69. The molecule has 0 amide bonds. The zero-order chi connectivity index (χ0) is 10.0. The number of rotatable bonds is 2. The average Bonchev–Trinajstić information content (AvgIpc) is 2.03. The Kier molecular flexibility index (Phi) is 2.41. The van der Waals surface area contributed by atoms with Gasteiger partial charge >= 0.3 is 5.97 Å². The first-order valence-electron chi connectivity index (χ1n) is 3.76. The summed E-state index contributed by atoms with van der Waals surface area (Å²) in [7, 11) is 3.50. The van der Waals surface area contributed by atoms with Crippen LogP contribution in [0.4, 0.5) is 5.69 Å². The first kappa shape index (κ1) is 9.38. The zero-order valence-corrected chi connectivity index (χ0v) is 7.48. The van der Waals surface area contributed by atoms with Crippen molar-refractivity contribution >= 4 is 11.7 Å². The van der Waals surface area contributed by atoms with Gasteiger partial charge in [0, 0.05) is 14.1 Å². The highest BCUT2D eigenvalue weighted by molar-refractivity contribution is 5.94. The number of nitrogens with zero attached hydrogens (tertiary/aromatic N) is 1. The summed E-state index contributed by atoms with van der Waals surface area (Å²) in [5.74, 6) is -1.08. The maximum absolute atomic E-state index is 10.7. The van der Waals surface area contributed by atoms with E-state index in [0.29, 0.717) is 5.69 Å². The molecule has 1 aromatic carbocycles. The minimum atomic E-state index is -1.04. The Labute approximate surface area is 76.0 Å². The van der Waals surface area contributed by atoms with E-state index in [9.17, 15) is 4.79 Å². The van der Waals surface area contributed by atoms with Gasteiger partial charge in [-0.05, 0) is 18.2 Å². The molecule has 13 heavy (non-hydrogen) atoms. The van der Waals surface area contributed by atoms with Crippen LogP contribution in [0.3, 0.4) is 0 Å². The van der Waals surface area contributed by atoms with Gasteiger partial charge in [0.15, 0.2) is 0 Å². The summed E-state index contributed by atoms with van der Waals surface area (Å²) >= 11 is 0. The lowest BCUT2D eigenvalue weighted by Crippen LogP contribution is -2.13. The van der Waals surface area contributed by atoms with Crippen molar-refractivity contribution in [2.75, 3.05) is 19.0 Å². The Bertz CT molecular complexity index is 334. The Morgan fingerprint density at radius 2 is 2.00 bits per heavy atom. The molecule has 1 aromatic rings. The van der Waals surface area contributed by atoms with Crippen LogP contribution < -0.4 is 4.90 Å². The van der Waals surface area contributed by atoms with Crippen LogP contribution in [0.1, 0.15) is 10.4 Å². The van der Waals surface area contributed by atoms with E-state index in [1.54, 1.807) is 25.1 Å². The quantitative estimate of drug-likeness (QED) is 0.718. The van der Waals surface area contributed by atoms with Gasteiger partial charge in [0.2, 0.25) is 0 Å². The maximum Gasteiger partial charge on any atom is 0.337 e. The van der Waals surface area contributed by atoms with Gasteiger partial charge in [-0.2, -0.15) is 0 Å². The molecule has 4 nitrogen and oxygen atoms in total. The first-order chi connectivity index (χ1) is 6.02. The molecule has 2 N–H and O–H groups in total. The van der Waals surface area contributed by atoms with E-state index in [-0.39, 0.29) is 11.3 Å². The molecule has 0 atom stereocenters. The van der Waals surface area contributed by atoms with E-state index < -0.39 is 5.97 Å². The standard InChI is InChI=1S/C9H11NO3/c1-10(2)8-4-3-6(11)5-7(8)9(12)13/h3-5,11H,1-2H3,(H,12,13). The van der Waals surface area contributed by atoms with Crippen molar-refractivity contribution in [2.45, 2.75) is 0 Å². The Morgan fingerprint density at radius 1 is 1.38 bits per heavy atom. The smallest absolute Gasteiger partial charge is 0.337 e. The maximum atomic E-state index is 10.7. The lowest BCUT2D eigenvalue weighted by Gasteiger charge is -2.15. The Balaban J connectivity index is 3.27. The van der Waals surface area contributed by atoms with Crippen LogP contribution in [0.15, 0.2) is 18.2 Å². The van der Waals surface area contributed by atoms with E-state index in [4.69, 9.17) is 10.2 Å². The van der Waals surface area contributed by atoms with E-state index in [1.165, 1.54) is 12.1 Å². The molecule has 0 saturated heterocycles. The number of aromatic carboxylic acids is 1. The third kappa shape index (κ3) is 1.90. The molecule has 0 fully saturated rings. The van der Waals surface area contributed by atoms with E-state index in [1.807, 2.05) is 0 Å². The number of carboxylic acid groups (broad SMARTS) is 1. The number of anilines is 1. The minimum Gasteiger partial charge on any atom is -0.508 e. The van der Waals surface area contributed by atoms with Crippen LogP contribution in [0, 0.1) is 0 Å². The fraction of sp³-hybridized carbons (Fsp3) is 0.222. The number of phenolic OH excluding ortho intramolecular Hbond substituents is 1. The zero-order valence-electron chi connectivity index (χ0n) is 7.48. The monoisotopic (exact) mass is 181 g/mol. The molecule has 0 spiro atoms. The Morgan fingerprint density at radius 3 is 2.46 bits per heavy atom. The van der Waals surface area contributed by atoms with Crippen LogP contribution in [0.5, 0.6) is 5.75 Å². The van der Waals surface area contributed by atoms with Crippen molar-refractivity contribution in [3.63, 3.8) is 0 Å². The topological polar surface area (TPSA) is 60.8 Å². The van der Waals surface area contributed by atoms with Crippen molar-refractivity contribution in [2.24, 2.45) is 0 Å². The predicted molar refractivity (Wildman–Crippen MR) is 49.4 cm³/mol. The Hall–Kier alpha value is -1.71. The molecular formula is C9H11NO3. The van der Waals surface area contributed by atoms with Gasteiger partial charge in [0.1, 0.15) is 5.75 Å². The molecule has 0 bridgehead atoms. The summed E-state index contributed by atoms with van der Waals surface area (Å²) in [5, 5.41) is 17.9. The lowest BCUT2D eigenvalue weighted by atomic mass is 10.1. The van der Waals surface area contributed by atoms with Crippen LogP contribution in [0.2, 0.25) is 0 Å². The highest BCUT2D eigenvalue weighted by atomic mass is 16.4. The number of aromatic hydroxyl groups is 1. The number of hydrogen-bond donors (Lipinski definition) is 2. The molecule has 0 aromatic heterocycles. The van der Waals surface area contributed by atoms with Crippen molar-refractivity contribution in [1.29, 1.82) is 0 Å². The van der Waals surface area contributed by atoms with Gasteiger partial charge < -0.3 is 15.1 Å². The summed E-state index contributed by atoms with van der Waals surface area (Å²) in [4.78, 5) is 12.4. The van der Waals surface area contributed by atoms with E-state index in [2.05, 4.69) is 0 Å². The van der Waals surface area contributed by atoms with Gasteiger partial charge in [-0.25, -0.2) is 4.79 Å². The van der Waals surface area contributed by atoms with E-state index in [0.717, 1.165) is 0 Å². The van der Waals surface area contributed by atoms with Crippen molar-refractivity contribution in [3.05, 3.63) is 23.8 Å². The molecule has 0 aliphatic heterocycles. The van der Waals surface area contributed by atoms with E-state index >= 15 is 0 Å². The van der Waals surface area contributed by atoms with Crippen molar-refractivity contribution in [3.8, 4) is 5.75 Å². The van der Waals surface area contributed by atoms with Crippen LogP contribution >= 0.6 is 0 Å².